The fraction of sp³-hybridized carbons (Fsp3) is 0.261. The molecule has 2 unspecified atom stereocenters. The summed E-state index contributed by atoms with van der Waals surface area (Å²) in [5.41, 5.74) is 7.97. The van der Waals surface area contributed by atoms with E-state index in [-0.39, 0.29) is 11.8 Å². The molecule has 0 bridgehead atoms. The Morgan fingerprint density at radius 3 is 0.820 bits per heavy atom. The van der Waals surface area contributed by atoms with Crippen LogP contribution in [0.2, 0.25) is 0 Å². The number of halogens is 2. The van der Waals surface area contributed by atoms with Gasteiger partial charge < -0.3 is 10.2 Å². The average molecular weight is 793 g/mol. The Morgan fingerprint density at radius 1 is 0.400 bits per heavy atom. The fourth-order valence-corrected chi connectivity index (χ4v) is 6.68. The number of aliphatic hydroxyl groups is 2. The molecule has 4 heteroatoms. The number of benzene rings is 5. The lowest BCUT2D eigenvalue weighted by molar-refractivity contribution is 0.0167. The van der Waals surface area contributed by atoms with Gasteiger partial charge in [-0.1, -0.05) is 153 Å². The molecule has 2 atom stereocenters. The van der Waals surface area contributed by atoms with Crippen molar-refractivity contribution in [3.8, 4) is 0 Å². The van der Waals surface area contributed by atoms with Gasteiger partial charge in [-0.3, -0.25) is 0 Å². The summed E-state index contributed by atoms with van der Waals surface area (Å²) in [7, 11) is 0. The first-order valence-electron chi connectivity index (χ1n) is 17.4. The van der Waals surface area contributed by atoms with Gasteiger partial charge in [0.05, 0.1) is 11.2 Å². The van der Waals surface area contributed by atoms with Gasteiger partial charge in [-0.2, -0.15) is 0 Å². The molecule has 0 aromatic heterocycles. The van der Waals surface area contributed by atoms with Crippen LogP contribution in [0, 0.1) is 11.8 Å². The summed E-state index contributed by atoms with van der Waals surface area (Å²) in [6.07, 6.45) is 11.9. The third kappa shape index (κ3) is 11.8. The predicted octanol–water partition coefficient (Wildman–Crippen LogP) is 11.9. The molecule has 0 heterocycles. The van der Waals surface area contributed by atoms with Gasteiger partial charge in [0.2, 0.25) is 0 Å². The first-order valence-corrected chi connectivity index (χ1v) is 19.0. The fourth-order valence-electron chi connectivity index (χ4n) is 6.16. The number of hydrogen-bond acceptors (Lipinski definition) is 2. The van der Waals surface area contributed by atoms with E-state index in [1.165, 1.54) is 22.3 Å². The van der Waals surface area contributed by atoms with Gasteiger partial charge >= 0.3 is 0 Å². The zero-order valence-electron chi connectivity index (χ0n) is 29.5. The molecule has 0 saturated heterocycles. The molecule has 0 fully saturated rings. The lowest BCUT2D eigenvalue weighted by atomic mass is 9.81. The van der Waals surface area contributed by atoms with Gasteiger partial charge in [0.15, 0.2) is 0 Å². The van der Waals surface area contributed by atoms with Crippen LogP contribution >= 0.6 is 31.9 Å². The zero-order valence-corrected chi connectivity index (χ0v) is 32.7. The van der Waals surface area contributed by atoms with Crippen LogP contribution in [0.5, 0.6) is 0 Å². The molecule has 5 aromatic carbocycles. The Labute approximate surface area is 315 Å². The molecule has 0 saturated carbocycles. The van der Waals surface area contributed by atoms with Crippen molar-refractivity contribution in [3.05, 3.63) is 175 Å². The monoisotopic (exact) mass is 790 g/mol. The van der Waals surface area contributed by atoms with E-state index < -0.39 is 11.2 Å². The summed E-state index contributed by atoms with van der Waals surface area (Å²) in [4.78, 5) is 0. The van der Waals surface area contributed by atoms with Crippen LogP contribution in [0.15, 0.2) is 130 Å². The molecule has 0 spiro atoms. The van der Waals surface area contributed by atoms with Crippen molar-refractivity contribution in [2.75, 3.05) is 0 Å². The number of rotatable bonds is 14. The lowest BCUT2D eigenvalue weighted by Gasteiger charge is -2.30. The molecule has 0 aliphatic rings. The van der Waals surface area contributed by atoms with Gasteiger partial charge in [-0.15, -0.1) is 0 Å². The Hall–Kier alpha value is -3.54. The highest BCUT2D eigenvalue weighted by molar-refractivity contribution is 9.10. The minimum absolute atomic E-state index is 0.114. The Morgan fingerprint density at radius 2 is 0.600 bits per heavy atom. The van der Waals surface area contributed by atoms with E-state index in [9.17, 15) is 10.2 Å². The minimum Gasteiger partial charge on any atom is -0.390 e. The van der Waals surface area contributed by atoms with Crippen molar-refractivity contribution in [2.45, 2.75) is 64.6 Å². The van der Waals surface area contributed by atoms with Crippen molar-refractivity contribution >= 4 is 56.2 Å². The second kappa shape index (κ2) is 17.1. The van der Waals surface area contributed by atoms with Crippen LogP contribution in [-0.4, -0.2) is 21.4 Å². The van der Waals surface area contributed by atoms with Crippen molar-refractivity contribution < 1.29 is 10.2 Å². The van der Waals surface area contributed by atoms with Crippen molar-refractivity contribution in [1.29, 1.82) is 0 Å². The third-order valence-corrected chi connectivity index (χ3v) is 10.6. The number of hydrogen-bond donors (Lipinski definition) is 2. The predicted molar refractivity (Wildman–Crippen MR) is 220 cm³/mol. The van der Waals surface area contributed by atoms with Crippen LogP contribution in [0.1, 0.15) is 72.2 Å². The molecule has 5 aromatic rings. The standard InChI is InChI=1S/C46H48Br2O2/c1-45(2,49)41(31-39-21-25-43(47)26-22-39)29-37-17-13-35(14-18-37)11-9-33-5-7-34(8-6-33)10-12-36-15-19-38(20-16-36)30-42(46(3,4)50)32-40-23-27-44(48)28-24-40/h5-28,41-42,49-50H,29-32H2,1-4H3/b11-9+,12-10+. The summed E-state index contributed by atoms with van der Waals surface area (Å²) in [6, 6.07) is 42.7. The molecule has 2 N–H and O–H groups in total. The Bertz CT molecular complexity index is 1700. The van der Waals surface area contributed by atoms with E-state index in [1.54, 1.807) is 0 Å². The molecule has 50 heavy (non-hydrogen) atoms. The van der Waals surface area contributed by atoms with Crippen LogP contribution in [-0.2, 0) is 25.7 Å². The third-order valence-electron chi connectivity index (χ3n) is 9.59. The first kappa shape index (κ1) is 37.7. The van der Waals surface area contributed by atoms with Gasteiger partial charge in [0.1, 0.15) is 0 Å². The molecule has 5 rings (SSSR count). The SMILES string of the molecule is CC(C)(O)C(Cc1ccc(Br)cc1)Cc1ccc(/C=C/c2ccc(/C=C/c3ccc(CC(Cc4ccc(Br)cc4)C(C)(C)O)cc3)cc2)cc1. The Kier molecular flexibility index (Phi) is 12.9. The summed E-state index contributed by atoms with van der Waals surface area (Å²) >= 11 is 7.02. The Balaban J connectivity index is 1.14. The molecule has 2 nitrogen and oxygen atoms in total. The molecule has 258 valence electrons. The van der Waals surface area contributed by atoms with E-state index in [2.05, 4.69) is 177 Å². The van der Waals surface area contributed by atoms with E-state index in [1.807, 2.05) is 27.7 Å². The molecule has 0 aliphatic heterocycles. The molecule has 0 radical (unpaired) electrons. The molecular formula is C46H48Br2O2. The van der Waals surface area contributed by atoms with Gasteiger partial charge in [-0.05, 0) is 134 Å². The quantitative estimate of drug-likeness (QED) is 0.110. The lowest BCUT2D eigenvalue weighted by Crippen LogP contribution is -2.34. The highest BCUT2D eigenvalue weighted by Gasteiger charge is 2.28. The summed E-state index contributed by atoms with van der Waals surface area (Å²) in [5, 5.41) is 21.8. The van der Waals surface area contributed by atoms with E-state index in [0.717, 1.165) is 56.9 Å². The zero-order chi connectivity index (χ0) is 35.7. The smallest absolute Gasteiger partial charge is 0.0626 e. The topological polar surface area (TPSA) is 40.5 Å². The van der Waals surface area contributed by atoms with E-state index in [4.69, 9.17) is 0 Å². The molecule has 0 aliphatic carbocycles. The maximum Gasteiger partial charge on any atom is 0.0626 e. The van der Waals surface area contributed by atoms with Crippen molar-refractivity contribution in [1.82, 2.24) is 0 Å². The average Bonchev–Trinajstić information content (AvgIpc) is 3.08. The maximum atomic E-state index is 10.9. The maximum absolute atomic E-state index is 10.9. The van der Waals surface area contributed by atoms with Crippen LogP contribution in [0.25, 0.3) is 24.3 Å². The summed E-state index contributed by atoms with van der Waals surface area (Å²) in [5.74, 6) is 0.227. The normalized spacial score (nSPS) is 13.6. The van der Waals surface area contributed by atoms with Crippen molar-refractivity contribution in [3.63, 3.8) is 0 Å². The first-order chi connectivity index (χ1) is 23.8. The highest BCUT2D eigenvalue weighted by Crippen LogP contribution is 2.28. The van der Waals surface area contributed by atoms with Crippen LogP contribution < -0.4 is 0 Å². The van der Waals surface area contributed by atoms with Gasteiger partial charge in [0.25, 0.3) is 0 Å². The minimum atomic E-state index is -0.777. The van der Waals surface area contributed by atoms with E-state index >= 15 is 0 Å². The largest absolute Gasteiger partial charge is 0.390 e. The molecule has 0 amide bonds. The van der Waals surface area contributed by atoms with Gasteiger partial charge in [-0.25, -0.2) is 0 Å². The summed E-state index contributed by atoms with van der Waals surface area (Å²) in [6.45, 7) is 7.65. The molecular weight excluding hydrogens is 744 g/mol. The highest BCUT2D eigenvalue weighted by atomic mass is 79.9. The van der Waals surface area contributed by atoms with Crippen LogP contribution in [0.3, 0.4) is 0 Å². The second-order valence-electron chi connectivity index (χ2n) is 14.6. The van der Waals surface area contributed by atoms with Crippen molar-refractivity contribution in [2.24, 2.45) is 11.8 Å². The second-order valence-corrected chi connectivity index (χ2v) is 16.4. The summed E-state index contributed by atoms with van der Waals surface area (Å²) < 4.78 is 2.13. The van der Waals surface area contributed by atoms with Gasteiger partial charge in [0, 0.05) is 8.95 Å². The van der Waals surface area contributed by atoms with Crippen LogP contribution in [0.4, 0.5) is 0 Å². The van der Waals surface area contributed by atoms with E-state index in [0.29, 0.717) is 0 Å².